The molecular weight excluding hydrogens is 615 g/mol. The molecule has 0 amide bonds. The maximum Gasteiger partial charge on any atom is 0.165 e. The third-order valence-corrected chi connectivity index (χ3v) is 2.35. The van der Waals surface area contributed by atoms with Gasteiger partial charge in [0.05, 0.1) is 7.11 Å². The summed E-state index contributed by atoms with van der Waals surface area (Å²) in [5.74, 6) is -0.130. The molecule has 0 spiro atoms. The van der Waals surface area contributed by atoms with Gasteiger partial charge in [0.25, 0.3) is 0 Å². The van der Waals surface area contributed by atoms with Crippen molar-refractivity contribution in [3.63, 3.8) is 0 Å². The lowest BCUT2D eigenvalue weighted by atomic mass is 10.2. The molecule has 0 saturated carbocycles. The van der Waals surface area contributed by atoms with Gasteiger partial charge in [0.2, 0.25) is 0 Å². The van der Waals surface area contributed by atoms with Crippen molar-refractivity contribution < 1.29 is 13.5 Å². The number of aryl methyl sites for hydroxylation is 2. The lowest BCUT2D eigenvalue weighted by Crippen LogP contribution is -1.89. The molecule has 118 valence electrons. The minimum Gasteiger partial charge on any atom is -0.493 e. The molecular formula is C15H17F2I3O. The fraction of sp³-hybridized carbons (Fsp3) is 0.200. The van der Waals surface area contributed by atoms with Crippen LogP contribution >= 0.6 is 61.2 Å². The van der Waals surface area contributed by atoms with E-state index in [0.29, 0.717) is 5.75 Å². The second kappa shape index (κ2) is 13.9. The Balaban J connectivity index is 0. The molecule has 0 aromatic heterocycles. The Kier molecular flexibility index (Phi) is 15.6. The molecule has 0 unspecified atom stereocenters. The van der Waals surface area contributed by atoms with Gasteiger partial charge in [0.15, 0.2) is 11.6 Å². The summed E-state index contributed by atoms with van der Waals surface area (Å²) < 4.78 is 29.7. The molecule has 0 fully saturated rings. The number of halogens is 5. The van der Waals surface area contributed by atoms with Crippen LogP contribution in [0.1, 0.15) is 11.1 Å². The van der Waals surface area contributed by atoms with Crippen molar-refractivity contribution in [1.29, 1.82) is 0 Å². The van der Waals surface area contributed by atoms with Gasteiger partial charge < -0.3 is 4.74 Å². The first-order chi connectivity index (χ1) is 9.54. The van der Waals surface area contributed by atoms with E-state index < -0.39 is 0 Å². The summed E-state index contributed by atoms with van der Waals surface area (Å²) in [5.41, 5.74) is 1.78. The largest absolute Gasteiger partial charge is 0.493 e. The van der Waals surface area contributed by atoms with Crippen molar-refractivity contribution in [3.8, 4) is 5.75 Å². The Labute approximate surface area is 165 Å². The molecule has 0 aliphatic carbocycles. The molecule has 0 N–H and O–H groups in total. The molecule has 0 bridgehead atoms. The monoisotopic (exact) mass is 632 g/mol. The average molecular weight is 632 g/mol. The number of methoxy groups -OCH3 is 1. The molecule has 0 heterocycles. The highest BCUT2D eigenvalue weighted by Gasteiger charge is 2.02. The van der Waals surface area contributed by atoms with E-state index in [1.807, 2.05) is 26.0 Å². The van der Waals surface area contributed by atoms with Crippen LogP contribution in [0.4, 0.5) is 8.78 Å². The first-order valence-corrected chi connectivity index (χ1v) is 12.0. The molecule has 2 rings (SSSR count). The molecule has 2 aromatic rings. The zero-order valence-corrected chi connectivity index (χ0v) is 18.5. The van der Waals surface area contributed by atoms with E-state index in [1.54, 1.807) is 12.1 Å². The Hall–Kier alpha value is 0.290. The first kappa shape index (κ1) is 23.6. The Bertz CT molecular complexity index is 485. The van der Waals surface area contributed by atoms with Crippen LogP contribution in [-0.2, 0) is 0 Å². The van der Waals surface area contributed by atoms with E-state index in [1.165, 1.54) is 25.3 Å². The highest BCUT2D eigenvalue weighted by molar-refractivity contribution is 15.0. The van der Waals surface area contributed by atoms with Crippen molar-refractivity contribution in [2.75, 3.05) is 7.11 Å². The average Bonchev–Trinajstić information content (AvgIpc) is 2.42. The fourth-order valence-corrected chi connectivity index (χ4v) is 1.48. The van der Waals surface area contributed by atoms with Crippen molar-refractivity contribution in [2.45, 2.75) is 13.8 Å². The Morgan fingerprint density at radius 1 is 0.952 bits per heavy atom. The number of benzene rings is 2. The van der Waals surface area contributed by atoms with Crippen LogP contribution < -0.4 is 4.74 Å². The van der Waals surface area contributed by atoms with E-state index in [-0.39, 0.29) is 35.6 Å². The molecule has 0 aliphatic rings. The lowest BCUT2D eigenvalue weighted by Gasteiger charge is -2.03. The quantitative estimate of drug-likeness (QED) is 0.320. The smallest absolute Gasteiger partial charge is 0.165 e. The van der Waals surface area contributed by atoms with E-state index in [2.05, 4.69) is 37.2 Å². The predicted molar refractivity (Wildman–Crippen MR) is 112 cm³/mol. The van der Waals surface area contributed by atoms with Crippen LogP contribution in [0.25, 0.3) is 0 Å². The zero-order chi connectivity index (χ0) is 15.5. The second-order valence-electron chi connectivity index (χ2n) is 3.89. The number of para-hydroxylation sites is 1. The molecule has 21 heavy (non-hydrogen) atoms. The summed E-state index contributed by atoms with van der Waals surface area (Å²) in [6.45, 7) is 3.67. The van der Waals surface area contributed by atoms with Gasteiger partial charge in [0, 0.05) is 37.2 Å². The van der Waals surface area contributed by atoms with Crippen LogP contribution in [0.3, 0.4) is 0 Å². The topological polar surface area (TPSA) is 9.23 Å². The van der Waals surface area contributed by atoms with Gasteiger partial charge in [-0.3, -0.25) is 0 Å². The van der Waals surface area contributed by atoms with Gasteiger partial charge in [-0.05, 0) is 43.2 Å². The minimum absolute atomic E-state index is 0. The summed E-state index contributed by atoms with van der Waals surface area (Å²) in [6, 6.07) is 11.3. The summed E-state index contributed by atoms with van der Waals surface area (Å²) in [5, 5.41) is 0. The summed E-state index contributed by atoms with van der Waals surface area (Å²) in [6.07, 6.45) is 0. The highest BCUT2D eigenvalue weighted by atomic mass is 128. The number of hydrogen-bond acceptors (Lipinski definition) is 1. The molecule has 0 aliphatic heterocycles. The van der Waals surface area contributed by atoms with Crippen molar-refractivity contribution in [1.82, 2.24) is 0 Å². The zero-order valence-electron chi connectivity index (χ0n) is 11.9. The van der Waals surface area contributed by atoms with E-state index in [9.17, 15) is 8.78 Å². The molecule has 0 radical (unpaired) electrons. The van der Waals surface area contributed by atoms with Crippen LogP contribution in [-0.4, -0.2) is 7.11 Å². The van der Waals surface area contributed by atoms with Crippen molar-refractivity contribution >= 4 is 61.2 Å². The van der Waals surface area contributed by atoms with Gasteiger partial charge >= 0.3 is 0 Å². The molecule has 0 saturated heterocycles. The van der Waals surface area contributed by atoms with Gasteiger partial charge in [-0.2, -0.15) is 0 Å². The fourth-order valence-electron chi connectivity index (χ4n) is 1.48. The van der Waals surface area contributed by atoms with E-state index in [4.69, 9.17) is 4.74 Å². The van der Waals surface area contributed by atoms with Crippen molar-refractivity contribution in [2.24, 2.45) is 0 Å². The maximum absolute atomic E-state index is 12.7. The standard InChI is InChI=1S/C8H9FO.C7H7F.I2.HI/c1-6-4-3-5-7(9)8(6)10-2;1-6-3-2-4-7(8)5-6;1-2;/h3-5H,1-2H3;2-5H,1H3;;1H. The SMILES string of the molecule is COc1c(C)cccc1F.Cc1cccc(F)c1.I.II. The molecule has 1 nitrogen and oxygen atoms in total. The van der Waals surface area contributed by atoms with Crippen LogP contribution in [0, 0.1) is 25.5 Å². The minimum atomic E-state index is -0.303. The molecule has 0 atom stereocenters. The van der Waals surface area contributed by atoms with Crippen LogP contribution in [0.15, 0.2) is 42.5 Å². The van der Waals surface area contributed by atoms with E-state index >= 15 is 0 Å². The van der Waals surface area contributed by atoms with Gasteiger partial charge in [-0.1, -0.05) is 24.3 Å². The summed E-state index contributed by atoms with van der Waals surface area (Å²) >= 11 is 4.24. The van der Waals surface area contributed by atoms with Crippen LogP contribution in [0.2, 0.25) is 0 Å². The number of hydrogen-bond donors (Lipinski definition) is 0. The molecule has 6 heteroatoms. The Morgan fingerprint density at radius 2 is 1.52 bits per heavy atom. The second-order valence-corrected chi connectivity index (χ2v) is 3.89. The van der Waals surface area contributed by atoms with Crippen LogP contribution in [0.5, 0.6) is 5.75 Å². The van der Waals surface area contributed by atoms with Gasteiger partial charge in [0.1, 0.15) is 5.82 Å². The third kappa shape index (κ3) is 9.82. The highest BCUT2D eigenvalue weighted by Crippen LogP contribution is 2.20. The summed E-state index contributed by atoms with van der Waals surface area (Å²) in [4.78, 5) is 0. The number of rotatable bonds is 1. The van der Waals surface area contributed by atoms with E-state index in [0.717, 1.165) is 11.1 Å². The van der Waals surface area contributed by atoms with Gasteiger partial charge in [-0.25, -0.2) is 8.78 Å². The normalized spacial score (nSPS) is 8.33. The third-order valence-electron chi connectivity index (χ3n) is 2.35. The summed E-state index contributed by atoms with van der Waals surface area (Å²) in [7, 11) is 1.46. The van der Waals surface area contributed by atoms with Gasteiger partial charge in [-0.15, -0.1) is 24.0 Å². The molecule has 2 aromatic carbocycles. The lowest BCUT2D eigenvalue weighted by molar-refractivity contribution is 0.383. The maximum atomic E-state index is 12.7. The number of ether oxygens (including phenoxy) is 1. The van der Waals surface area contributed by atoms with Crippen molar-refractivity contribution in [3.05, 3.63) is 65.2 Å². The predicted octanol–water partition coefficient (Wildman–Crippen LogP) is 6.67. The first-order valence-electron chi connectivity index (χ1n) is 5.70. The Morgan fingerprint density at radius 3 is 1.86 bits per heavy atom.